The third-order valence-electron chi connectivity index (χ3n) is 5.36. The molecule has 0 radical (unpaired) electrons. The molecule has 1 unspecified atom stereocenters. The van der Waals surface area contributed by atoms with Gasteiger partial charge in [0.15, 0.2) is 11.5 Å². The van der Waals surface area contributed by atoms with Gasteiger partial charge in [-0.1, -0.05) is 6.07 Å². The van der Waals surface area contributed by atoms with E-state index < -0.39 is 11.9 Å². The molecule has 2 saturated heterocycles. The van der Waals surface area contributed by atoms with Crippen LogP contribution in [-0.2, 0) is 10.9 Å². The minimum atomic E-state index is -4.54. The maximum Gasteiger partial charge on any atom is 0.433 e. The van der Waals surface area contributed by atoms with Gasteiger partial charge >= 0.3 is 6.18 Å². The van der Waals surface area contributed by atoms with Crippen molar-refractivity contribution in [3.05, 3.63) is 36.2 Å². The highest BCUT2D eigenvalue weighted by Crippen LogP contribution is 2.32. The number of rotatable bonds is 4. The molecular weight excluding hydrogens is 383 g/mol. The Morgan fingerprint density at radius 1 is 1.10 bits per heavy atom. The number of nitrogens with zero attached hydrogens (tertiary/aromatic N) is 5. The molecular formula is C20H24F3N5O. The van der Waals surface area contributed by atoms with E-state index in [0.717, 1.165) is 51.8 Å². The molecule has 0 bridgehead atoms. The number of hydrogen-bond donors (Lipinski definition) is 0. The van der Waals surface area contributed by atoms with Crippen LogP contribution in [0.4, 0.5) is 19.0 Å². The molecule has 0 saturated carbocycles. The van der Waals surface area contributed by atoms with E-state index in [9.17, 15) is 13.2 Å². The van der Waals surface area contributed by atoms with Crippen molar-refractivity contribution in [3.8, 4) is 11.5 Å². The summed E-state index contributed by atoms with van der Waals surface area (Å²) in [5, 5.41) is 0. The summed E-state index contributed by atoms with van der Waals surface area (Å²) in [4.78, 5) is 16.6. The summed E-state index contributed by atoms with van der Waals surface area (Å²) in [6.45, 7) is 5.61. The van der Waals surface area contributed by atoms with E-state index in [1.54, 1.807) is 18.2 Å². The first kappa shape index (κ1) is 20.0. The third-order valence-corrected chi connectivity index (χ3v) is 5.36. The van der Waals surface area contributed by atoms with Crippen LogP contribution >= 0.6 is 0 Å². The van der Waals surface area contributed by atoms with E-state index in [1.165, 1.54) is 6.20 Å². The molecule has 0 spiro atoms. The Balaban J connectivity index is 1.57. The summed E-state index contributed by atoms with van der Waals surface area (Å²) in [7, 11) is 0. The molecule has 0 aromatic carbocycles. The Morgan fingerprint density at radius 3 is 2.66 bits per heavy atom. The molecule has 9 heteroatoms. The molecule has 156 valence electrons. The van der Waals surface area contributed by atoms with Gasteiger partial charge in [0.25, 0.3) is 0 Å². The molecule has 2 aromatic heterocycles. The number of pyridine rings is 1. The molecule has 4 rings (SSSR count). The van der Waals surface area contributed by atoms with Gasteiger partial charge in [-0.15, -0.1) is 0 Å². The predicted octanol–water partition coefficient (Wildman–Crippen LogP) is 3.11. The lowest BCUT2D eigenvalue weighted by atomic mass is 9.97. The fourth-order valence-corrected chi connectivity index (χ4v) is 3.92. The first-order valence-electron chi connectivity index (χ1n) is 9.92. The number of aromatic nitrogens is 3. The highest BCUT2D eigenvalue weighted by atomic mass is 19.4. The van der Waals surface area contributed by atoms with Crippen molar-refractivity contribution in [2.45, 2.75) is 19.0 Å². The average molecular weight is 407 g/mol. The fourth-order valence-electron chi connectivity index (χ4n) is 3.92. The summed E-state index contributed by atoms with van der Waals surface area (Å²) in [6.07, 6.45) is -1.01. The molecule has 0 aliphatic carbocycles. The van der Waals surface area contributed by atoms with Gasteiger partial charge in [-0.3, -0.25) is 9.88 Å². The van der Waals surface area contributed by atoms with Crippen molar-refractivity contribution in [2.24, 2.45) is 5.92 Å². The number of hydrogen-bond acceptors (Lipinski definition) is 6. The summed E-state index contributed by atoms with van der Waals surface area (Å²) in [6, 6.07) is 6.10. The maximum atomic E-state index is 13.5. The molecule has 0 N–H and O–H groups in total. The summed E-state index contributed by atoms with van der Waals surface area (Å²) < 4.78 is 45.8. The number of alkyl halides is 3. The zero-order chi connectivity index (χ0) is 20.3. The van der Waals surface area contributed by atoms with Gasteiger partial charge in [-0.05, 0) is 30.9 Å². The van der Waals surface area contributed by atoms with E-state index in [4.69, 9.17) is 4.74 Å². The standard InChI is InChI=1S/C20H24F3N5O/c21-20(22,23)17-12-18(26-19(25-17)16-5-1-2-6-24-16)28-7-3-4-15(14-28)13-27-8-10-29-11-9-27/h1-2,5-6,12,15H,3-4,7-11,13-14H2. The van der Waals surface area contributed by atoms with Gasteiger partial charge in [-0.25, -0.2) is 9.97 Å². The van der Waals surface area contributed by atoms with Crippen molar-refractivity contribution >= 4 is 5.82 Å². The summed E-state index contributed by atoms with van der Waals surface area (Å²) >= 11 is 0. The second kappa shape index (κ2) is 8.62. The van der Waals surface area contributed by atoms with Crippen LogP contribution in [0.1, 0.15) is 18.5 Å². The van der Waals surface area contributed by atoms with Crippen LogP contribution in [0, 0.1) is 5.92 Å². The molecule has 29 heavy (non-hydrogen) atoms. The van der Waals surface area contributed by atoms with Gasteiger partial charge in [0.05, 0.1) is 13.2 Å². The SMILES string of the molecule is FC(F)(F)c1cc(N2CCCC(CN3CCOCC3)C2)nc(-c2ccccn2)n1. The highest BCUT2D eigenvalue weighted by Gasteiger charge is 2.35. The van der Waals surface area contributed by atoms with E-state index in [0.29, 0.717) is 30.5 Å². The average Bonchev–Trinajstić information content (AvgIpc) is 2.74. The van der Waals surface area contributed by atoms with Crippen molar-refractivity contribution < 1.29 is 17.9 Å². The monoisotopic (exact) mass is 407 g/mol. The lowest BCUT2D eigenvalue weighted by molar-refractivity contribution is -0.141. The Kier molecular flexibility index (Phi) is 5.96. The number of morpholine rings is 1. The van der Waals surface area contributed by atoms with Crippen LogP contribution in [0.5, 0.6) is 0 Å². The summed E-state index contributed by atoms with van der Waals surface area (Å²) in [5.41, 5.74) is -0.597. The Hall–Kier alpha value is -2.26. The van der Waals surface area contributed by atoms with Crippen molar-refractivity contribution in [1.82, 2.24) is 19.9 Å². The molecule has 2 aliphatic heterocycles. The van der Waals surface area contributed by atoms with Gasteiger partial charge in [-0.2, -0.15) is 13.2 Å². The van der Waals surface area contributed by atoms with Crippen molar-refractivity contribution in [2.75, 3.05) is 50.8 Å². The van der Waals surface area contributed by atoms with E-state index >= 15 is 0 Å². The topological polar surface area (TPSA) is 54.4 Å². The van der Waals surface area contributed by atoms with Crippen molar-refractivity contribution in [3.63, 3.8) is 0 Å². The lowest BCUT2D eigenvalue weighted by Crippen LogP contribution is -2.44. The Morgan fingerprint density at radius 2 is 1.93 bits per heavy atom. The van der Waals surface area contributed by atoms with E-state index in [1.807, 2.05) is 4.90 Å². The van der Waals surface area contributed by atoms with E-state index in [-0.39, 0.29) is 5.82 Å². The molecule has 6 nitrogen and oxygen atoms in total. The molecule has 0 amide bonds. The van der Waals surface area contributed by atoms with Gasteiger partial charge in [0, 0.05) is 45.0 Å². The normalized spacial score (nSPS) is 21.3. The first-order valence-corrected chi connectivity index (χ1v) is 9.92. The fraction of sp³-hybridized carbons (Fsp3) is 0.550. The smallest absolute Gasteiger partial charge is 0.379 e. The highest BCUT2D eigenvalue weighted by molar-refractivity contribution is 5.54. The quantitative estimate of drug-likeness (QED) is 0.776. The van der Waals surface area contributed by atoms with Crippen LogP contribution < -0.4 is 4.90 Å². The van der Waals surface area contributed by atoms with Gasteiger partial charge in [0.2, 0.25) is 0 Å². The minimum Gasteiger partial charge on any atom is -0.379 e. The number of ether oxygens (including phenoxy) is 1. The molecule has 2 aliphatic rings. The molecule has 2 aromatic rings. The van der Waals surface area contributed by atoms with Crippen LogP contribution in [-0.4, -0.2) is 65.8 Å². The molecule has 1 atom stereocenters. The van der Waals surface area contributed by atoms with Crippen LogP contribution in [0.25, 0.3) is 11.5 Å². The Bertz CT molecular complexity index is 812. The zero-order valence-corrected chi connectivity index (χ0v) is 16.1. The van der Waals surface area contributed by atoms with Crippen LogP contribution in [0.2, 0.25) is 0 Å². The second-order valence-corrected chi connectivity index (χ2v) is 7.51. The second-order valence-electron chi connectivity index (χ2n) is 7.51. The number of halogens is 3. The molecule has 4 heterocycles. The predicted molar refractivity (Wildman–Crippen MR) is 102 cm³/mol. The zero-order valence-electron chi connectivity index (χ0n) is 16.1. The van der Waals surface area contributed by atoms with Crippen LogP contribution in [0.15, 0.2) is 30.5 Å². The number of piperidine rings is 1. The minimum absolute atomic E-state index is 0.00530. The lowest BCUT2D eigenvalue weighted by Gasteiger charge is -2.37. The largest absolute Gasteiger partial charge is 0.433 e. The number of anilines is 1. The maximum absolute atomic E-state index is 13.5. The Labute approximate surface area is 167 Å². The first-order chi connectivity index (χ1) is 14.0. The summed E-state index contributed by atoms with van der Waals surface area (Å²) in [5.74, 6) is 0.717. The van der Waals surface area contributed by atoms with Gasteiger partial charge in [0.1, 0.15) is 11.5 Å². The molecule has 2 fully saturated rings. The van der Waals surface area contributed by atoms with Crippen molar-refractivity contribution in [1.29, 1.82) is 0 Å². The van der Waals surface area contributed by atoms with Gasteiger partial charge < -0.3 is 9.64 Å². The van der Waals surface area contributed by atoms with Crippen LogP contribution in [0.3, 0.4) is 0 Å². The van der Waals surface area contributed by atoms with E-state index in [2.05, 4.69) is 19.9 Å². The third kappa shape index (κ3) is 5.02.